The van der Waals surface area contributed by atoms with Gasteiger partial charge in [0, 0.05) is 43.3 Å². The number of hydrogen-bond acceptors (Lipinski definition) is 4. The number of nitrogens with one attached hydrogen (secondary N) is 1. The van der Waals surface area contributed by atoms with Crippen LogP contribution in [0.3, 0.4) is 0 Å². The minimum atomic E-state index is -4.77. The van der Waals surface area contributed by atoms with Crippen LogP contribution < -0.4 is 10.1 Å². The Kier molecular flexibility index (Phi) is 8.18. The summed E-state index contributed by atoms with van der Waals surface area (Å²) in [5, 5.41) is 2.68. The van der Waals surface area contributed by atoms with Crippen molar-refractivity contribution in [2.45, 2.75) is 51.6 Å². The normalized spacial score (nSPS) is 19.7. The van der Waals surface area contributed by atoms with Crippen LogP contribution >= 0.6 is 0 Å². The van der Waals surface area contributed by atoms with Crippen molar-refractivity contribution in [3.05, 3.63) is 65.2 Å². The highest BCUT2D eigenvalue weighted by molar-refractivity contribution is 5.97. The molecule has 0 bridgehead atoms. The van der Waals surface area contributed by atoms with Gasteiger partial charge in [-0.3, -0.25) is 14.5 Å². The van der Waals surface area contributed by atoms with Crippen LogP contribution in [0.5, 0.6) is 5.75 Å². The van der Waals surface area contributed by atoms with E-state index in [0.717, 1.165) is 44.9 Å². The number of benzene rings is 2. The molecule has 9 heteroatoms. The number of piperidine rings is 2. The first-order valence-corrected chi connectivity index (χ1v) is 12.4. The number of halogens is 3. The van der Waals surface area contributed by atoms with Crippen LogP contribution in [0, 0.1) is 5.92 Å². The minimum absolute atomic E-state index is 0.0334. The highest BCUT2D eigenvalue weighted by Gasteiger charge is 2.31. The number of amides is 2. The molecule has 6 nitrogen and oxygen atoms in total. The Labute approximate surface area is 209 Å². The lowest BCUT2D eigenvalue weighted by Gasteiger charge is -2.41. The van der Waals surface area contributed by atoms with Crippen LogP contribution in [-0.2, 0) is 6.54 Å². The summed E-state index contributed by atoms with van der Waals surface area (Å²) in [6, 6.07) is 12.5. The molecule has 0 aliphatic carbocycles. The van der Waals surface area contributed by atoms with Gasteiger partial charge in [0.2, 0.25) is 0 Å². The van der Waals surface area contributed by atoms with Gasteiger partial charge in [0.1, 0.15) is 5.75 Å². The first-order valence-electron chi connectivity index (χ1n) is 12.4. The lowest BCUT2D eigenvalue weighted by molar-refractivity contribution is -0.274. The molecule has 36 heavy (non-hydrogen) atoms. The number of carbonyl (C=O) groups excluding carboxylic acids is 2. The van der Waals surface area contributed by atoms with Gasteiger partial charge in [-0.15, -0.1) is 13.2 Å². The molecule has 2 heterocycles. The Morgan fingerprint density at radius 2 is 1.69 bits per heavy atom. The van der Waals surface area contributed by atoms with E-state index < -0.39 is 6.36 Å². The van der Waals surface area contributed by atoms with Crippen molar-refractivity contribution in [3.8, 4) is 5.75 Å². The van der Waals surface area contributed by atoms with E-state index in [-0.39, 0.29) is 24.1 Å². The van der Waals surface area contributed by atoms with E-state index in [9.17, 15) is 22.8 Å². The fraction of sp³-hybridized carbons (Fsp3) is 0.481. The van der Waals surface area contributed by atoms with Gasteiger partial charge >= 0.3 is 6.36 Å². The maximum absolute atomic E-state index is 13.0. The quantitative estimate of drug-likeness (QED) is 0.612. The summed E-state index contributed by atoms with van der Waals surface area (Å²) in [6.45, 7) is 6.11. The second-order valence-electron chi connectivity index (χ2n) is 9.72. The summed E-state index contributed by atoms with van der Waals surface area (Å²) in [5.74, 6) is -0.0176. The third kappa shape index (κ3) is 7.00. The van der Waals surface area contributed by atoms with E-state index in [1.807, 2.05) is 4.90 Å². The summed E-state index contributed by atoms with van der Waals surface area (Å²) in [6.07, 6.45) is -0.268. The second kappa shape index (κ2) is 11.3. The molecule has 2 amide bonds. The lowest BCUT2D eigenvalue weighted by atomic mass is 9.95. The van der Waals surface area contributed by atoms with Crippen LogP contribution in [0.2, 0.25) is 0 Å². The van der Waals surface area contributed by atoms with E-state index >= 15 is 0 Å². The SMILES string of the molecule is CC1CCCN(C2CCN(C(=O)c3ccc(C(=O)NCc4cccc(OC(F)(F)F)c4)cc3)CC2)C1. The summed E-state index contributed by atoms with van der Waals surface area (Å²) in [4.78, 5) is 29.9. The molecule has 1 atom stereocenters. The van der Waals surface area contributed by atoms with Crippen molar-refractivity contribution in [2.24, 2.45) is 5.92 Å². The first kappa shape index (κ1) is 26.0. The zero-order valence-electron chi connectivity index (χ0n) is 20.4. The Bertz CT molecular complexity index is 1050. The van der Waals surface area contributed by atoms with Crippen molar-refractivity contribution in [1.82, 2.24) is 15.1 Å². The average molecular weight is 504 g/mol. The Morgan fingerprint density at radius 1 is 1.00 bits per heavy atom. The van der Waals surface area contributed by atoms with Crippen LogP contribution in [0.4, 0.5) is 13.2 Å². The van der Waals surface area contributed by atoms with Crippen molar-refractivity contribution in [2.75, 3.05) is 26.2 Å². The monoisotopic (exact) mass is 503 g/mol. The van der Waals surface area contributed by atoms with E-state index in [1.54, 1.807) is 30.3 Å². The molecule has 2 aromatic rings. The van der Waals surface area contributed by atoms with Crippen molar-refractivity contribution >= 4 is 11.8 Å². The van der Waals surface area contributed by atoms with Crippen LogP contribution in [0.25, 0.3) is 0 Å². The highest BCUT2D eigenvalue weighted by Crippen LogP contribution is 2.25. The van der Waals surface area contributed by atoms with Crippen LogP contribution in [-0.4, -0.2) is 60.2 Å². The van der Waals surface area contributed by atoms with Crippen LogP contribution in [0.1, 0.15) is 58.9 Å². The number of hydrogen-bond donors (Lipinski definition) is 1. The Morgan fingerprint density at radius 3 is 2.36 bits per heavy atom. The average Bonchev–Trinajstić information content (AvgIpc) is 2.86. The maximum Gasteiger partial charge on any atom is 0.573 e. The second-order valence-corrected chi connectivity index (χ2v) is 9.72. The molecule has 1 N–H and O–H groups in total. The number of carbonyl (C=O) groups is 2. The van der Waals surface area contributed by atoms with Gasteiger partial charge in [-0.2, -0.15) is 0 Å². The third-order valence-corrected chi connectivity index (χ3v) is 6.94. The lowest BCUT2D eigenvalue weighted by Crippen LogP contribution is -2.49. The molecule has 0 aromatic heterocycles. The Balaban J connectivity index is 1.27. The summed E-state index contributed by atoms with van der Waals surface area (Å²) in [7, 11) is 0. The number of nitrogens with zero attached hydrogens (tertiary/aromatic N) is 2. The van der Waals surface area contributed by atoms with Crippen molar-refractivity contribution in [3.63, 3.8) is 0 Å². The topological polar surface area (TPSA) is 61.9 Å². The summed E-state index contributed by atoms with van der Waals surface area (Å²) >= 11 is 0. The van der Waals surface area contributed by atoms with Gasteiger partial charge in [0.15, 0.2) is 0 Å². The smallest absolute Gasteiger partial charge is 0.406 e. The number of rotatable bonds is 6. The number of ether oxygens (including phenoxy) is 1. The molecule has 2 aromatic carbocycles. The highest BCUT2D eigenvalue weighted by atomic mass is 19.4. The van der Waals surface area contributed by atoms with Gasteiger partial charge in [0.25, 0.3) is 11.8 Å². The number of alkyl halides is 3. The molecule has 2 saturated heterocycles. The standard InChI is InChI=1S/C27H32F3N3O3/c1-19-4-3-13-33(18-19)23-11-14-32(15-12-23)26(35)22-9-7-21(8-10-22)25(34)31-17-20-5-2-6-24(16-20)36-27(28,29)30/h2,5-10,16,19,23H,3-4,11-15,17-18H2,1H3,(H,31,34). The summed E-state index contributed by atoms with van der Waals surface area (Å²) < 4.78 is 41.1. The van der Waals surface area contributed by atoms with Crippen LogP contribution in [0.15, 0.2) is 48.5 Å². The fourth-order valence-electron chi connectivity index (χ4n) is 5.08. The van der Waals surface area contributed by atoms with Gasteiger partial charge in [-0.1, -0.05) is 19.1 Å². The molecule has 0 spiro atoms. The predicted octanol–water partition coefficient (Wildman–Crippen LogP) is 4.85. The largest absolute Gasteiger partial charge is 0.573 e. The number of likely N-dealkylation sites (tertiary alicyclic amines) is 2. The molecule has 2 aliphatic rings. The van der Waals surface area contributed by atoms with Gasteiger partial charge in [0.05, 0.1) is 0 Å². The zero-order chi connectivity index (χ0) is 25.7. The van der Waals surface area contributed by atoms with Crippen molar-refractivity contribution < 1.29 is 27.5 Å². The molecule has 2 fully saturated rings. The van der Waals surface area contributed by atoms with E-state index in [0.29, 0.717) is 22.7 Å². The fourth-order valence-corrected chi connectivity index (χ4v) is 5.08. The molecule has 0 radical (unpaired) electrons. The predicted molar refractivity (Wildman–Crippen MR) is 130 cm³/mol. The summed E-state index contributed by atoms with van der Waals surface area (Å²) in [5.41, 5.74) is 1.38. The Hall–Kier alpha value is -3.07. The molecular formula is C27H32F3N3O3. The molecule has 2 aliphatic heterocycles. The van der Waals surface area contributed by atoms with E-state index in [4.69, 9.17) is 0 Å². The van der Waals surface area contributed by atoms with Gasteiger partial charge < -0.3 is 15.0 Å². The molecule has 0 saturated carbocycles. The first-order chi connectivity index (χ1) is 17.2. The van der Waals surface area contributed by atoms with Gasteiger partial charge in [-0.25, -0.2) is 0 Å². The maximum atomic E-state index is 13.0. The molecular weight excluding hydrogens is 471 g/mol. The minimum Gasteiger partial charge on any atom is -0.406 e. The molecule has 4 rings (SSSR count). The van der Waals surface area contributed by atoms with Crippen molar-refractivity contribution in [1.29, 1.82) is 0 Å². The zero-order valence-corrected chi connectivity index (χ0v) is 20.4. The van der Waals surface area contributed by atoms with E-state index in [2.05, 4.69) is 21.9 Å². The molecule has 1 unspecified atom stereocenters. The third-order valence-electron chi connectivity index (χ3n) is 6.94. The molecule has 194 valence electrons. The van der Waals surface area contributed by atoms with Gasteiger partial charge in [-0.05, 0) is 80.1 Å². The van der Waals surface area contributed by atoms with E-state index in [1.165, 1.54) is 31.0 Å².